The summed E-state index contributed by atoms with van der Waals surface area (Å²) in [6, 6.07) is 1.94. The van der Waals surface area contributed by atoms with E-state index in [0.717, 1.165) is 23.6 Å². The van der Waals surface area contributed by atoms with Gasteiger partial charge in [-0.2, -0.15) is 5.10 Å². The zero-order valence-corrected chi connectivity index (χ0v) is 11.8. The Morgan fingerprint density at radius 3 is 2.62 bits per heavy atom. The molecule has 0 amide bonds. The van der Waals surface area contributed by atoms with Crippen molar-refractivity contribution in [2.45, 2.75) is 20.3 Å². The normalized spacial score (nSPS) is 10.8. The molecule has 0 saturated carbocycles. The van der Waals surface area contributed by atoms with E-state index in [1.165, 1.54) is 0 Å². The van der Waals surface area contributed by atoms with Crippen molar-refractivity contribution in [3.8, 4) is 5.95 Å². The van der Waals surface area contributed by atoms with Crippen LogP contribution < -0.4 is 5.32 Å². The Kier molecular flexibility index (Phi) is 3.54. The molecule has 3 rings (SSSR count). The minimum atomic E-state index is 0.359. The average Bonchev–Trinajstić information content (AvgIpc) is 3.09. The number of hydrogen-bond donors (Lipinski definition) is 2. The first-order valence-electron chi connectivity index (χ1n) is 6.55. The molecule has 0 aliphatic carbocycles. The summed E-state index contributed by atoms with van der Waals surface area (Å²) in [7, 11) is 0. The highest BCUT2D eigenvalue weighted by Crippen LogP contribution is 2.06. The number of nitrogens with one attached hydrogen (secondary N) is 2. The molecule has 0 bridgehead atoms. The van der Waals surface area contributed by atoms with Gasteiger partial charge in [0.25, 0.3) is 11.9 Å². The number of aromatic amines is 1. The van der Waals surface area contributed by atoms with Crippen LogP contribution in [0.2, 0.25) is 0 Å². The highest BCUT2D eigenvalue weighted by atomic mass is 15.5. The minimum Gasteiger partial charge on any atom is -0.351 e. The summed E-state index contributed by atoms with van der Waals surface area (Å²) in [6.45, 7) is 4.49. The molecule has 0 spiro atoms. The predicted octanol–water partition coefficient (Wildman–Crippen LogP) is 0.447. The van der Waals surface area contributed by atoms with Crippen molar-refractivity contribution in [2.24, 2.45) is 0 Å². The lowest BCUT2D eigenvalue weighted by Gasteiger charge is -2.03. The number of aromatic nitrogens is 8. The first-order chi connectivity index (χ1) is 10.2. The van der Waals surface area contributed by atoms with Crippen LogP contribution in [0.15, 0.2) is 18.5 Å². The molecule has 0 fully saturated rings. The lowest BCUT2D eigenvalue weighted by Crippen LogP contribution is -2.13. The molecule has 0 atom stereocenters. The Morgan fingerprint density at radius 1 is 1.19 bits per heavy atom. The summed E-state index contributed by atoms with van der Waals surface area (Å²) in [5, 5.41) is 23.4. The lowest BCUT2D eigenvalue weighted by molar-refractivity contribution is 0.709. The lowest BCUT2D eigenvalue weighted by atomic mass is 10.4. The van der Waals surface area contributed by atoms with Crippen LogP contribution >= 0.6 is 0 Å². The molecule has 3 heterocycles. The summed E-state index contributed by atoms with van der Waals surface area (Å²) in [6.07, 6.45) is 4.26. The standard InChI is InChI=1S/C12H15N9/c1-8-7-9(2)21(20-8)12-18-16-11(17-19-12)15-4-3-10-13-5-6-14-10/h5-7H,3-4H2,1-2H3,(H,13,14)(H,15,16,17). The highest BCUT2D eigenvalue weighted by Gasteiger charge is 2.08. The van der Waals surface area contributed by atoms with Gasteiger partial charge in [0, 0.05) is 31.1 Å². The van der Waals surface area contributed by atoms with Crippen molar-refractivity contribution in [2.75, 3.05) is 11.9 Å². The smallest absolute Gasteiger partial charge is 0.289 e. The van der Waals surface area contributed by atoms with Gasteiger partial charge in [-0.1, -0.05) is 0 Å². The number of rotatable bonds is 5. The maximum Gasteiger partial charge on any atom is 0.289 e. The third-order valence-electron chi connectivity index (χ3n) is 2.87. The van der Waals surface area contributed by atoms with Crippen LogP contribution in [0, 0.1) is 13.8 Å². The number of H-pyrrole nitrogens is 1. The summed E-state index contributed by atoms with van der Waals surface area (Å²) in [5.74, 6) is 1.65. The summed E-state index contributed by atoms with van der Waals surface area (Å²) < 4.78 is 1.61. The van der Waals surface area contributed by atoms with Crippen molar-refractivity contribution >= 4 is 5.95 Å². The van der Waals surface area contributed by atoms with E-state index in [1.807, 2.05) is 19.9 Å². The van der Waals surface area contributed by atoms with E-state index >= 15 is 0 Å². The first kappa shape index (κ1) is 13.2. The Balaban J connectivity index is 1.63. The van der Waals surface area contributed by atoms with E-state index < -0.39 is 0 Å². The van der Waals surface area contributed by atoms with Crippen LogP contribution in [0.3, 0.4) is 0 Å². The van der Waals surface area contributed by atoms with E-state index in [-0.39, 0.29) is 0 Å². The van der Waals surface area contributed by atoms with Crippen LogP contribution in [0.25, 0.3) is 5.95 Å². The first-order valence-corrected chi connectivity index (χ1v) is 6.55. The second kappa shape index (κ2) is 5.65. The van der Waals surface area contributed by atoms with Gasteiger partial charge in [0.1, 0.15) is 5.82 Å². The van der Waals surface area contributed by atoms with Gasteiger partial charge in [-0.25, -0.2) is 9.67 Å². The summed E-state index contributed by atoms with van der Waals surface area (Å²) >= 11 is 0. The number of aryl methyl sites for hydroxylation is 2. The second-order valence-corrected chi connectivity index (χ2v) is 4.58. The fourth-order valence-corrected chi connectivity index (χ4v) is 1.94. The number of hydrogen-bond acceptors (Lipinski definition) is 7. The molecule has 0 aliphatic heterocycles. The van der Waals surface area contributed by atoms with Gasteiger partial charge in [-0.3, -0.25) is 0 Å². The number of imidazole rings is 1. The van der Waals surface area contributed by atoms with Gasteiger partial charge in [0.2, 0.25) is 0 Å². The van der Waals surface area contributed by atoms with Crippen LogP contribution in [-0.4, -0.2) is 46.7 Å². The number of anilines is 1. The van der Waals surface area contributed by atoms with E-state index in [1.54, 1.807) is 17.1 Å². The predicted molar refractivity (Wildman–Crippen MR) is 75.0 cm³/mol. The Morgan fingerprint density at radius 2 is 2.00 bits per heavy atom. The van der Waals surface area contributed by atoms with Crippen molar-refractivity contribution in [1.82, 2.24) is 40.1 Å². The van der Waals surface area contributed by atoms with E-state index in [2.05, 4.69) is 40.8 Å². The highest BCUT2D eigenvalue weighted by molar-refractivity contribution is 5.22. The molecule has 9 nitrogen and oxygen atoms in total. The second-order valence-electron chi connectivity index (χ2n) is 4.58. The molecule has 0 aliphatic rings. The topological polar surface area (TPSA) is 110 Å². The molecule has 0 saturated heterocycles. The van der Waals surface area contributed by atoms with Gasteiger partial charge < -0.3 is 10.3 Å². The molecule has 0 unspecified atom stereocenters. The van der Waals surface area contributed by atoms with Crippen molar-refractivity contribution in [3.05, 3.63) is 35.7 Å². The van der Waals surface area contributed by atoms with Gasteiger partial charge in [0.05, 0.1) is 5.69 Å². The monoisotopic (exact) mass is 285 g/mol. The van der Waals surface area contributed by atoms with Crippen LogP contribution in [0.5, 0.6) is 0 Å². The Bertz CT molecular complexity index is 699. The molecular weight excluding hydrogens is 270 g/mol. The van der Waals surface area contributed by atoms with Crippen LogP contribution in [0.1, 0.15) is 17.2 Å². The molecule has 0 radical (unpaired) electrons. The fraction of sp³-hybridized carbons (Fsp3) is 0.333. The van der Waals surface area contributed by atoms with Gasteiger partial charge in [0.15, 0.2) is 0 Å². The number of nitrogens with zero attached hydrogens (tertiary/aromatic N) is 7. The van der Waals surface area contributed by atoms with E-state index in [4.69, 9.17) is 0 Å². The van der Waals surface area contributed by atoms with Gasteiger partial charge in [-0.05, 0) is 19.9 Å². The van der Waals surface area contributed by atoms with Gasteiger partial charge >= 0.3 is 0 Å². The molecule has 21 heavy (non-hydrogen) atoms. The third kappa shape index (κ3) is 3.02. The SMILES string of the molecule is Cc1cc(C)n(-c2nnc(NCCc3ncc[nH]3)nn2)n1. The maximum absolute atomic E-state index is 4.28. The molecular formula is C12H15N9. The fourth-order valence-electron chi connectivity index (χ4n) is 1.94. The quantitative estimate of drug-likeness (QED) is 0.700. The Labute approximate surface area is 120 Å². The third-order valence-corrected chi connectivity index (χ3v) is 2.87. The van der Waals surface area contributed by atoms with Crippen LogP contribution in [0.4, 0.5) is 5.95 Å². The minimum absolute atomic E-state index is 0.359. The van der Waals surface area contributed by atoms with Crippen LogP contribution in [-0.2, 0) is 6.42 Å². The van der Waals surface area contributed by atoms with Crippen molar-refractivity contribution in [3.63, 3.8) is 0 Å². The zero-order chi connectivity index (χ0) is 14.7. The molecule has 9 heteroatoms. The summed E-state index contributed by atoms with van der Waals surface area (Å²) in [4.78, 5) is 7.16. The van der Waals surface area contributed by atoms with Gasteiger partial charge in [-0.15, -0.1) is 20.4 Å². The largest absolute Gasteiger partial charge is 0.351 e. The molecule has 3 aromatic rings. The molecule has 0 aromatic carbocycles. The summed E-state index contributed by atoms with van der Waals surface area (Å²) in [5.41, 5.74) is 1.84. The van der Waals surface area contributed by atoms with E-state index in [9.17, 15) is 0 Å². The van der Waals surface area contributed by atoms with Crippen molar-refractivity contribution in [1.29, 1.82) is 0 Å². The molecule has 108 valence electrons. The molecule has 2 N–H and O–H groups in total. The Hall–Kier alpha value is -2.84. The van der Waals surface area contributed by atoms with E-state index in [0.29, 0.717) is 18.4 Å². The maximum atomic E-state index is 4.28. The zero-order valence-electron chi connectivity index (χ0n) is 11.8. The van der Waals surface area contributed by atoms with Crippen molar-refractivity contribution < 1.29 is 0 Å². The average molecular weight is 285 g/mol. The molecule has 3 aromatic heterocycles.